The summed E-state index contributed by atoms with van der Waals surface area (Å²) >= 11 is 0. The molecular formula is C54H36N2. The van der Waals surface area contributed by atoms with Crippen molar-refractivity contribution in [1.29, 1.82) is 0 Å². The molecule has 2 heteroatoms. The van der Waals surface area contributed by atoms with Gasteiger partial charge in [0.1, 0.15) is 0 Å². The van der Waals surface area contributed by atoms with Gasteiger partial charge in [0.25, 0.3) is 0 Å². The number of benzene rings is 8. The van der Waals surface area contributed by atoms with Crippen LogP contribution in [-0.2, 0) is 0 Å². The fourth-order valence-corrected chi connectivity index (χ4v) is 7.81. The van der Waals surface area contributed by atoms with Crippen LogP contribution in [0.25, 0.3) is 100.0 Å². The van der Waals surface area contributed by atoms with E-state index in [1.165, 1.54) is 27.6 Å². The topological polar surface area (TPSA) is 25.8 Å². The first-order valence-corrected chi connectivity index (χ1v) is 19.1. The molecule has 2 aromatic heterocycles. The maximum absolute atomic E-state index is 5.37. The van der Waals surface area contributed by atoms with Crippen molar-refractivity contribution in [3.63, 3.8) is 0 Å². The molecule has 2 heterocycles. The molecule has 0 bridgehead atoms. The van der Waals surface area contributed by atoms with E-state index in [2.05, 4.69) is 212 Å². The second-order valence-corrected chi connectivity index (χ2v) is 14.2. The minimum Gasteiger partial charge on any atom is -0.248 e. The van der Waals surface area contributed by atoms with E-state index in [-0.39, 0.29) is 0 Å². The van der Waals surface area contributed by atoms with Gasteiger partial charge in [-0.05, 0) is 74.2 Å². The van der Waals surface area contributed by atoms with Crippen molar-refractivity contribution in [2.45, 2.75) is 0 Å². The Morgan fingerprint density at radius 1 is 0.214 bits per heavy atom. The highest BCUT2D eigenvalue weighted by Gasteiger charge is 2.17. The molecule has 0 aliphatic rings. The molecular weight excluding hydrogens is 677 g/mol. The summed E-state index contributed by atoms with van der Waals surface area (Å²) in [5.41, 5.74) is 16.5. The fourth-order valence-electron chi connectivity index (χ4n) is 7.81. The molecule has 262 valence electrons. The normalized spacial score (nSPS) is 11.2. The first-order chi connectivity index (χ1) is 27.7. The summed E-state index contributed by atoms with van der Waals surface area (Å²) in [5.74, 6) is 0. The first-order valence-electron chi connectivity index (χ1n) is 19.1. The number of hydrogen-bond donors (Lipinski definition) is 0. The third-order valence-electron chi connectivity index (χ3n) is 10.7. The molecule has 8 aromatic carbocycles. The quantitative estimate of drug-likeness (QED) is 0.154. The van der Waals surface area contributed by atoms with Gasteiger partial charge >= 0.3 is 0 Å². The Kier molecular flexibility index (Phi) is 8.55. The van der Waals surface area contributed by atoms with Gasteiger partial charge in [-0.1, -0.05) is 194 Å². The van der Waals surface area contributed by atoms with E-state index in [1.807, 2.05) is 6.07 Å². The molecule has 0 atom stereocenters. The van der Waals surface area contributed by atoms with Crippen molar-refractivity contribution >= 4 is 21.7 Å². The minimum atomic E-state index is 0.944. The van der Waals surface area contributed by atoms with Crippen molar-refractivity contribution in [2.75, 3.05) is 0 Å². The maximum atomic E-state index is 5.37. The Morgan fingerprint density at radius 2 is 0.571 bits per heavy atom. The van der Waals surface area contributed by atoms with Crippen LogP contribution in [0.1, 0.15) is 0 Å². The van der Waals surface area contributed by atoms with Crippen LogP contribution < -0.4 is 0 Å². The zero-order valence-corrected chi connectivity index (χ0v) is 30.7. The molecule has 0 unspecified atom stereocenters. The van der Waals surface area contributed by atoms with Crippen LogP contribution in [0.2, 0.25) is 0 Å². The summed E-state index contributed by atoms with van der Waals surface area (Å²) in [5, 5.41) is 3.43. The van der Waals surface area contributed by atoms with Gasteiger partial charge in [-0.15, -0.1) is 0 Å². The lowest BCUT2D eigenvalue weighted by Gasteiger charge is -2.16. The van der Waals surface area contributed by atoms with E-state index >= 15 is 0 Å². The summed E-state index contributed by atoms with van der Waals surface area (Å²) in [6, 6.07) is 77.5. The molecule has 0 fully saturated rings. The molecule has 0 spiro atoms. The van der Waals surface area contributed by atoms with Crippen LogP contribution in [0.5, 0.6) is 0 Å². The number of nitrogens with zero attached hydrogens (tertiary/aromatic N) is 2. The van der Waals surface area contributed by atoms with E-state index in [0.29, 0.717) is 0 Å². The van der Waals surface area contributed by atoms with Crippen molar-refractivity contribution in [2.24, 2.45) is 0 Å². The van der Waals surface area contributed by atoms with E-state index in [0.717, 1.165) is 72.3 Å². The van der Waals surface area contributed by atoms with Gasteiger partial charge in [-0.2, -0.15) is 0 Å². The van der Waals surface area contributed by atoms with Crippen LogP contribution in [0.4, 0.5) is 0 Å². The van der Waals surface area contributed by atoms with Gasteiger partial charge in [0.05, 0.1) is 22.6 Å². The smallest absolute Gasteiger partial charge is 0.0794 e. The van der Waals surface area contributed by atoms with Gasteiger partial charge in [-0.25, -0.2) is 9.97 Å². The van der Waals surface area contributed by atoms with Crippen LogP contribution in [-0.4, -0.2) is 9.97 Å². The highest BCUT2D eigenvalue weighted by molar-refractivity contribution is 6.16. The molecule has 0 radical (unpaired) electrons. The number of aromatic nitrogens is 2. The average Bonchev–Trinajstić information content (AvgIpc) is 3.29. The predicted molar refractivity (Wildman–Crippen MR) is 235 cm³/mol. The molecule has 0 saturated carbocycles. The van der Waals surface area contributed by atoms with Crippen molar-refractivity contribution in [1.82, 2.24) is 9.97 Å². The maximum Gasteiger partial charge on any atom is 0.0794 e. The molecule has 0 aliphatic carbocycles. The monoisotopic (exact) mass is 712 g/mol. The van der Waals surface area contributed by atoms with Crippen LogP contribution in [0.3, 0.4) is 0 Å². The Hall–Kier alpha value is -7.42. The standard InChI is InChI=1S/C54H36N2/c1-5-15-37(16-6-1)39-25-27-41(28-26-39)49-36-53(43-21-11-4-12-22-43)56-54-47-24-14-13-23-46(47)48(35-50(49)54)40-29-31-44(32-30-40)52-34-45(38-17-7-2-8-18-38)33-51(55-52)42-19-9-3-10-20-42/h1-36H. The summed E-state index contributed by atoms with van der Waals surface area (Å²) in [7, 11) is 0. The second-order valence-electron chi connectivity index (χ2n) is 14.2. The molecule has 0 amide bonds. The van der Waals surface area contributed by atoms with Crippen molar-refractivity contribution < 1.29 is 0 Å². The summed E-state index contributed by atoms with van der Waals surface area (Å²) in [6.07, 6.45) is 0. The molecule has 10 rings (SSSR count). The second kappa shape index (κ2) is 14.4. The van der Waals surface area contributed by atoms with Crippen molar-refractivity contribution in [3.8, 4) is 78.3 Å². The number of hydrogen-bond acceptors (Lipinski definition) is 2. The number of pyridine rings is 2. The van der Waals surface area contributed by atoms with Crippen LogP contribution >= 0.6 is 0 Å². The molecule has 56 heavy (non-hydrogen) atoms. The minimum absolute atomic E-state index is 0.944. The lowest BCUT2D eigenvalue weighted by atomic mass is 9.90. The summed E-state index contributed by atoms with van der Waals surface area (Å²) < 4.78 is 0. The van der Waals surface area contributed by atoms with Crippen LogP contribution in [0, 0.1) is 0 Å². The molecule has 2 nitrogen and oxygen atoms in total. The lowest BCUT2D eigenvalue weighted by molar-refractivity contribution is 1.32. The third-order valence-corrected chi connectivity index (χ3v) is 10.7. The largest absolute Gasteiger partial charge is 0.248 e. The Balaban J connectivity index is 1.12. The molecule has 10 aromatic rings. The van der Waals surface area contributed by atoms with E-state index in [4.69, 9.17) is 9.97 Å². The van der Waals surface area contributed by atoms with Gasteiger partial charge in [0, 0.05) is 27.5 Å². The number of rotatable bonds is 7. The van der Waals surface area contributed by atoms with E-state index < -0.39 is 0 Å². The van der Waals surface area contributed by atoms with Gasteiger partial charge in [-0.3, -0.25) is 0 Å². The lowest BCUT2D eigenvalue weighted by Crippen LogP contribution is -1.94. The third kappa shape index (κ3) is 6.34. The fraction of sp³-hybridized carbons (Fsp3) is 0. The van der Waals surface area contributed by atoms with Gasteiger partial charge < -0.3 is 0 Å². The summed E-state index contributed by atoms with van der Waals surface area (Å²) in [4.78, 5) is 10.6. The highest BCUT2D eigenvalue weighted by Crippen LogP contribution is 2.41. The average molecular weight is 713 g/mol. The zero-order valence-electron chi connectivity index (χ0n) is 30.7. The Labute approximate surface area is 327 Å². The van der Waals surface area contributed by atoms with Gasteiger partial charge in [0.15, 0.2) is 0 Å². The zero-order chi connectivity index (χ0) is 37.3. The van der Waals surface area contributed by atoms with E-state index in [9.17, 15) is 0 Å². The molecule has 0 aliphatic heterocycles. The number of fused-ring (bicyclic) bond motifs is 3. The van der Waals surface area contributed by atoms with Gasteiger partial charge in [0.2, 0.25) is 0 Å². The highest BCUT2D eigenvalue weighted by atomic mass is 14.7. The van der Waals surface area contributed by atoms with Crippen molar-refractivity contribution in [3.05, 3.63) is 218 Å². The predicted octanol–water partition coefficient (Wildman–Crippen LogP) is 14.5. The molecule has 0 saturated heterocycles. The summed E-state index contributed by atoms with van der Waals surface area (Å²) in [6.45, 7) is 0. The molecule has 0 N–H and O–H groups in total. The van der Waals surface area contributed by atoms with E-state index in [1.54, 1.807) is 0 Å². The Morgan fingerprint density at radius 3 is 1.11 bits per heavy atom. The Bertz CT molecular complexity index is 2900. The SMILES string of the molecule is c1ccc(-c2ccc(-c3cc(-c4ccccc4)nc4c3cc(-c3ccc(-c5cc(-c6ccccc6)cc(-c6ccccc6)n5)cc3)c3ccccc34)cc2)cc1. The first kappa shape index (κ1) is 33.2. The van der Waals surface area contributed by atoms with Crippen LogP contribution in [0.15, 0.2) is 218 Å².